The summed E-state index contributed by atoms with van der Waals surface area (Å²) in [7, 11) is 0. The molecule has 4 nitrogen and oxygen atoms in total. The highest BCUT2D eigenvalue weighted by Gasteiger charge is 2.30. The Morgan fingerprint density at radius 2 is 1.24 bits per heavy atom. The summed E-state index contributed by atoms with van der Waals surface area (Å²) in [6, 6.07) is 15.1. The van der Waals surface area contributed by atoms with Crippen molar-refractivity contribution < 1.29 is 27.2 Å². The molecule has 3 aromatic carbocycles. The molecule has 29 heavy (non-hydrogen) atoms. The summed E-state index contributed by atoms with van der Waals surface area (Å²) in [6.07, 6.45) is -4.52. The molecule has 3 rings (SSSR count). The van der Waals surface area contributed by atoms with Crippen molar-refractivity contribution in [2.24, 2.45) is 0 Å². The van der Waals surface area contributed by atoms with Gasteiger partial charge in [0.1, 0.15) is 5.82 Å². The average Bonchev–Trinajstić information content (AvgIpc) is 2.68. The van der Waals surface area contributed by atoms with Gasteiger partial charge in [-0.1, -0.05) is 12.1 Å². The van der Waals surface area contributed by atoms with Gasteiger partial charge in [-0.2, -0.15) is 13.2 Å². The fourth-order valence-electron chi connectivity index (χ4n) is 2.52. The van der Waals surface area contributed by atoms with Gasteiger partial charge in [0.15, 0.2) is 0 Å². The van der Waals surface area contributed by atoms with Crippen LogP contribution in [0.4, 0.5) is 28.9 Å². The first-order chi connectivity index (χ1) is 13.7. The molecule has 0 saturated carbocycles. The molecule has 0 bridgehead atoms. The van der Waals surface area contributed by atoms with E-state index < -0.39 is 29.4 Å². The van der Waals surface area contributed by atoms with Gasteiger partial charge in [-0.15, -0.1) is 0 Å². The molecule has 0 aromatic heterocycles. The zero-order valence-electron chi connectivity index (χ0n) is 14.8. The van der Waals surface area contributed by atoms with Crippen LogP contribution in [0.2, 0.25) is 0 Å². The van der Waals surface area contributed by atoms with Gasteiger partial charge in [-0.3, -0.25) is 9.59 Å². The minimum Gasteiger partial charge on any atom is -0.322 e. The van der Waals surface area contributed by atoms with Crippen molar-refractivity contribution >= 4 is 23.2 Å². The predicted molar refractivity (Wildman–Crippen MR) is 100 cm³/mol. The first kappa shape index (κ1) is 20.1. The lowest BCUT2D eigenvalue weighted by molar-refractivity contribution is -0.137. The van der Waals surface area contributed by atoms with Crippen LogP contribution >= 0.6 is 0 Å². The van der Waals surface area contributed by atoms with E-state index in [-0.39, 0.29) is 16.8 Å². The van der Waals surface area contributed by atoms with Crippen molar-refractivity contribution in [2.75, 3.05) is 10.6 Å². The standard InChI is InChI=1S/C21H14F4N2O2/c22-16-9-7-13(8-10-16)19(28)26-17-5-1-3-14(11-17)20(29)27-18-6-2-4-15(12-18)21(23,24)25/h1-12H,(H,26,28)(H,27,29). The molecule has 0 atom stereocenters. The molecule has 0 saturated heterocycles. The lowest BCUT2D eigenvalue weighted by atomic mass is 10.1. The Morgan fingerprint density at radius 1 is 0.690 bits per heavy atom. The lowest BCUT2D eigenvalue weighted by Crippen LogP contribution is -2.15. The fourth-order valence-corrected chi connectivity index (χ4v) is 2.52. The molecule has 3 aromatic rings. The Balaban J connectivity index is 1.73. The van der Waals surface area contributed by atoms with Crippen molar-refractivity contribution in [1.82, 2.24) is 0 Å². The second-order valence-corrected chi connectivity index (χ2v) is 6.07. The van der Waals surface area contributed by atoms with Gasteiger partial charge < -0.3 is 10.6 Å². The number of anilines is 2. The smallest absolute Gasteiger partial charge is 0.322 e. The summed E-state index contributed by atoms with van der Waals surface area (Å²) in [4.78, 5) is 24.6. The number of alkyl halides is 3. The molecule has 2 amide bonds. The summed E-state index contributed by atoms with van der Waals surface area (Å²) < 4.78 is 51.3. The maximum absolute atomic E-state index is 12.9. The van der Waals surface area contributed by atoms with Crippen LogP contribution in [-0.2, 0) is 6.18 Å². The van der Waals surface area contributed by atoms with E-state index in [1.807, 2.05) is 0 Å². The van der Waals surface area contributed by atoms with Crippen molar-refractivity contribution in [3.8, 4) is 0 Å². The average molecular weight is 402 g/mol. The number of hydrogen-bond acceptors (Lipinski definition) is 2. The highest BCUT2D eigenvalue weighted by molar-refractivity contribution is 6.07. The number of halogens is 4. The van der Waals surface area contributed by atoms with E-state index >= 15 is 0 Å². The van der Waals surface area contributed by atoms with E-state index in [0.29, 0.717) is 5.69 Å². The van der Waals surface area contributed by atoms with E-state index in [1.54, 1.807) is 6.07 Å². The van der Waals surface area contributed by atoms with Crippen LogP contribution in [0, 0.1) is 5.82 Å². The summed E-state index contributed by atoms with van der Waals surface area (Å²) in [5, 5.41) is 4.97. The van der Waals surface area contributed by atoms with Gasteiger partial charge in [0.25, 0.3) is 11.8 Å². The third kappa shape index (κ3) is 5.19. The Kier molecular flexibility index (Phi) is 5.63. The highest BCUT2D eigenvalue weighted by atomic mass is 19.4. The van der Waals surface area contributed by atoms with Crippen molar-refractivity contribution in [2.45, 2.75) is 6.18 Å². The summed E-state index contributed by atoms with van der Waals surface area (Å²) in [6.45, 7) is 0. The number of carbonyl (C=O) groups excluding carboxylic acids is 2. The monoisotopic (exact) mass is 402 g/mol. The zero-order chi connectivity index (χ0) is 21.0. The van der Waals surface area contributed by atoms with E-state index in [4.69, 9.17) is 0 Å². The Morgan fingerprint density at radius 3 is 1.86 bits per heavy atom. The molecular weight excluding hydrogens is 388 g/mol. The molecule has 0 aliphatic carbocycles. The van der Waals surface area contributed by atoms with Gasteiger partial charge in [0.2, 0.25) is 0 Å². The van der Waals surface area contributed by atoms with Crippen molar-refractivity contribution in [3.63, 3.8) is 0 Å². The molecule has 148 valence electrons. The Bertz CT molecular complexity index is 1050. The molecule has 0 unspecified atom stereocenters. The maximum atomic E-state index is 12.9. The minimum absolute atomic E-state index is 0.00873. The van der Waals surface area contributed by atoms with E-state index in [0.717, 1.165) is 24.3 Å². The number of benzene rings is 3. The van der Waals surface area contributed by atoms with Gasteiger partial charge in [0, 0.05) is 22.5 Å². The second-order valence-electron chi connectivity index (χ2n) is 6.07. The van der Waals surface area contributed by atoms with Crippen LogP contribution < -0.4 is 10.6 Å². The van der Waals surface area contributed by atoms with Crippen LogP contribution in [-0.4, -0.2) is 11.8 Å². The second kappa shape index (κ2) is 8.14. The predicted octanol–water partition coefficient (Wildman–Crippen LogP) is 5.35. The number of hydrogen-bond donors (Lipinski definition) is 2. The molecule has 0 spiro atoms. The molecule has 0 heterocycles. The zero-order valence-corrected chi connectivity index (χ0v) is 14.8. The van der Waals surface area contributed by atoms with E-state index in [9.17, 15) is 27.2 Å². The van der Waals surface area contributed by atoms with Crippen LogP contribution in [0.3, 0.4) is 0 Å². The highest BCUT2D eigenvalue weighted by Crippen LogP contribution is 2.30. The fraction of sp³-hybridized carbons (Fsp3) is 0.0476. The van der Waals surface area contributed by atoms with E-state index in [1.165, 1.54) is 42.5 Å². The van der Waals surface area contributed by atoms with Crippen LogP contribution in [0.5, 0.6) is 0 Å². The molecular formula is C21H14F4N2O2. The Labute approximate surface area is 163 Å². The first-order valence-electron chi connectivity index (χ1n) is 8.38. The molecule has 8 heteroatoms. The van der Waals surface area contributed by atoms with Gasteiger partial charge in [-0.25, -0.2) is 4.39 Å². The van der Waals surface area contributed by atoms with Crippen molar-refractivity contribution in [1.29, 1.82) is 0 Å². The Hall–Kier alpha value is -3.68. The van der Waals surface area contributed by atoms with Crippen LogP contribution in [0.1, 0.15) is 26.3 Å². The SMILES string of the molecule is O=C(Nc1cccc(C(=O)Nc2cccc(C(F)(F)F)c2)c1)c1ccc(F)cc1. The minimum atomic E-state index is -4.52. The summed E-state index contributed by atoms with van der Waals surface area (Å²) in [5.41, 5.74) is -0.221. The van der Waals surface area contributed by atoms with Crippen LogP contribution in [0.25, 0.3) is 0 Å². The number of rotatable bonds is 4. The molecule has 2 N–H and O–H groups in total. The lowest BCUT2D eigenvalue weighted by Gasteiger charge is -2.11. The molecule has 0 aliphatic rings. The number of nitrogens with one attached hydrogen (secondary N) is 2. The van der Waals surface area contributed by atoms with Gasteiger partial charge in [-0.05, 0) is 60.7 Å². The number of amides is 2. The largest absolute Gasteiger partial charge is 0.416 e. The molecule has 0 fully saturated rings. The third-order valence-corrected chi connectivity index (χ3v) is 3.94. The van der Waals surface area contributed by atoms with Gasteiger partial charge >= 0.3 is 6.18 Å². The molecule has 0 aliphatic heterocycles. The first-order valence-corrected chi connectivity index (χ1v) is 8.38. The molecule has 0 radical (unpaired) electrons. The quantitative estimate of drug-likeness (QED) is 0.578. The van der Waals surface area contributed by atoms with Crippen molar-refractivity contribution in [3.05, 3.63) is 95.3 Å². The maximum Gasteiger partial charge on any atom is 0.416 e. The third-order valence-electron chi connectivity index (χ3n) is 3.94. The van der Waals surface area contributed by atoms with Crippen LogP contribution in [0.15, 0.2) is 72.8 Å². The summed E-state index contributed by atoms with van der Waals surface area (Å²) in [5.74, 6) is -1.61. The topological polar surface area (TPSA) is 58.2 Å². The normalized spacial score (nSPS) is 11.0. The number of carbonyl (C=O) groups is 2. The van der Waals surface area contributed by atoms with E-state index in [2.05, 4.69) is 10.6 Å². The summed E-state index contributed by atoms with van der Waals surface area (Å²) >= 11 is 0. The van der Waals surface area contributed by atoms with Gasteiger partial charge in [0.05, 0.1) is 5.56 Å².